The van der Waals surface area contributed by atoms with E-state index in [1.165, 1.54) is 12.1 Å². The van der Waals surface area contributed by atoms with Crippen molar-refractivity contribution >= 4 is 11.7 Å². The van der Waals surface area contributed by atoms with Gasteiger partial charge in [0.1, 0.15) is 6.10 Å². The van der Waals surface area contributed by atoms with Gasteiger partial charge in [-0.15, -0.1) is 0 Å². The lowest BCUT2D eigenvalue weighted by Gasteiger charge is -2.18. The van der Waals surface area contributed by atoms with Gasteiger partial charge in [0, 0.05) is 6.07 Å². The van der Waals surface area contributed by atoms with Crippen molar-refractivity contribution in [1.29, 1.82) is 0 Å². The van der Waals surface area contributed by atoms with Crippen molar-refractivity contribution in [3.05, 3.63) is 39.4 Å². The molecule has 21 heavy (non-hydrogen) atoms. The molecule has 8 nitrogen and oxygen atoms in total. The third-order valence-corrected chi connectivity index (χ3v) is 2.86. The number of carbonyl (C=O) groups excluding carboxylic acids is 1. The van der Waals surface area contributed by atoms with E-state index >= 15 is 0 Å². The van der Waals surface area contributed by atoms with E-state index in [1.54, 1.807) is 6.92 Å². The number of hydrogen-bond donors (Lipinski definition) is 3. The van der Waals surface area contributed by atoms with Gasteiger partial charge in [-0.1, -0.05) is 0 Å². The molecule has 2 unspecified atom stereocenters. The highest BCUT2D eigenvalue weighted by atomic mass is 16.6. The van der Waals surface area contributed by atoms with Crippen LogP contribution in [-0.4, -0.2) is 38.9 Å². The fourth-order valence-electron chi connectivity index (χ4n) is 1.82. The number of esters is 1. The average Bonchev–Trinajstić information content (AvgIpc) is 2.45. The van der Waals surface area contributed by atoms with Crippen LogP contribution in [-0.2, 0) is 16.1 Å². The minimum absolute atomic E-state index is 0.0138. The molecule has 0 fully saturated rings. The van der Waals surface area contributed by atoms with Crippen molar-refractivity contribution in [3.63, 3.8) is 0 Å². The molecule has 1 aromatic carbocycles. The molecule has 0 aromatic heterocycles. The minimum atomic E-state index is -1.42. The first-order valence-corrected chi connectivity index (χ1v) is 6.30. The quantitative estimate of drug-likeness (QED) is 0.378. The van der Waals surface area contributed by atoms with Crippen molar-refractivity contribution in [3.8, 4) is 0 Å². The van der Waals surface area contributed by atoms with Gasteiger partial charge in [-0.3, -0.25) is 14.9 Å². The van der Waals surface area contributed by atoms with Crippen molar-refractivity contribution in [2.45, 2.75) is 32.2 Å². The third-order valence-electron chi connectivity index (χ3n) is 2.86. The first-order valence-electron chi connectivity index (χ1n) is 6.30. The van der Waals surface area contributed by atoms with Gasteiger partial charge in [-0.25, -0.2) is 0 Å². The number of hydrogen-bond acceptors (Lipinski definition) is 7. The summed E-state index contributed by atoms with van der Waals surface area (Å²) < 4.78 is 4.65. The highest BCUT2D eigenvalue weighted by Crippen LogP contribution is 2.26. The first-order chi connectivity index (χ1) is 9.90. The monoisotopic (exact) mass is 299 g/mol. The Hall–Kier alpha value is -2.03. The Balaban J connectivity index is 2.89. The van der Waals surface area contributed by atoms with Crippen molar-refractivity contribution in [2.24, 2.45) is 0 Å². The fourth-order valence-corrected chi connectivity index (χ4v) is 1.82. The Bertz CT molecular complexity index is 517. The van der Waals surface area contributed by atoms with Gasteiger partial charge in [0.2, 0.25) is 0 Å². The molecule has 0 amide bonds. The van der Waals surface area contributed by atoms with Gasteiger partial charge < -0.3 is 20.1 Å². The second-order valence-corrected chi connectivity index (χ2v) is 4.32. The molecule has 0 aliphatic carbocycles. The Morgan fingerprint density at radius 1 is 1.43 bits per heavy atom. The lowest BCUT2D eigenvalue weighted by molar-refractivity contribution is -0.385. The molecule has 3 N–H and O–H groups in total. The number of aliphatic hydroxyl groups excluding tert-OH is 3. The Kier molecular flexibility index (Phi) is 6.22. The SMILES string of the molecule is CCOC(=O)CC(O)C(O)c1ccc([N+](=O)[O-])c(CO)c1. The topological polar surface area (TPSA) is 130 Å². The summed E-state index contributed by atoms with van der Waals surface area (Å²) in [5.74, 6) is -0.659. The molecular formula is C13H17NO7. The van der Waals surface area contributed by atoms with Crippen molar-refractivity contribution in [2.75, 3.05) is 6.61 Å². The molecular weight excluding hydrogens is 282 g/mol. The standard InChI is InChI=1S/C13H17NO7/c1-2-21-12(17)6-11(16)13(18)8-3-4-10(14(19)20)9(5-8)7-15/h3-5,11,13,15-16,18H,2,6-7H2,1H3. The van der Waals surface area contributed by atoms with Gasteiger partial charge >= 0.3 is 5.97 Å². The maximum absolute atomic E-state index is 11.2. The molecule has 0 aliphatic rings. The van der Waals surface area contributed by atoms with Crippen molar-refractivity contribution < 1.29 is 29.8 Å². The summed E-state index contributed by atoms with van der Waals surface area (Å²) in [4.78, 5) is 21.3. The summed E-state index contributed by atoms with van der Waals surface area (Å²) in [6.45, 7) is 1.20. The van der Waals surface area contributed by atoms with E-state index in [9.17, 15) is 25.1 Å². The molecule has 116 valence electrons. The van der Waals surface area contributed by atoms with Crippen LogP contribution in [0.5, 0.6) is 0 Å². The average molecular weight is 299 g/mol. The van der Waals surface area contributed by atoms with Gasteiger partial charge in [0.15, 0.2) is 0 Å². The van der Waals surface area contributed by atoms with Crippen LogP contribution in [0.1, 0.15) is 30.6 Å². The van der Waals surface area contributed by atoms with Crippen LogP contribution in [0.3, 0.4) is 0 Å². The summed E-state index contributed by atoms with van der Waals surface area (Å²) in [7, 11) is 0. The molecule has 0 saturated heterocycles. The first kappa shape index (κ1) is 17.0. The predicted octanol–water partition coefficient (Wildman–Crippen LogP) is 0.435. The molecule has 8 heteroatoms. The Morgan fingerprint density at radius 2 is 2.10 bits per heavy atom. The summed E-state index contributed by atoms with van der Waals surface area (Å²) in [6, 6.07) is 3.61. The second-order valence-electron chi connectivity index (χ2n) is 4.32. The van der Waals surface area contributed by atoms with E-state index in [0.29, 0.717) is 0 Å². The van der Waals surface area contributed by atoms with Crippen LogP contribution in [0.25, 0.3) is 0 Å². The van der Waals surface area contributed by atoms with E-state index < -0.39 is 36.1 Å². The molecule has 0 saturated carbocycles. The van der Waals surface area contributed by atoms with Crippen LogP contribution in [0.4, 0.5) is 5.69 Å². The molecule has 1 aromatic rings. The number of nitro benzene ring substituents is 1. The van der Waals surface area contributed by atoms with Gasteiger partial charge in [-0.2, -0.15) is 0 Å². The highest BCUT2D eigenvalue weighted by molar-refractivity contribution is 5.70. The van der Waals surface area contributed by atoms with E-state index in [1.807, 2.05) is 0 Å². The lowest BCUT2D eigenvalue weighted by atomic mass is 9.99. The van der Waals surface area contributed by atoms with E-state index in [0.717, 1.165) is 6.07 Å². The zero-order chi connectivity index (χ0) is 16.0. The Morgan fingerprint density at radius 3 is 2.62 bits per heavy atom. The predicted molar refractivity (Wildman–Crippen MR) is 71.2 cm³/mol. The normalized spacial score (nSPS) is 13.5. The summed E-state index contributed by atoms with van der Waals surface area (Å²) in [6.07, 6.45) is -3.22. The zero-order valence-corrected chi connectivity index (χ0v) is 11.4. The maximum Gasteiger partial charge on any atom is 0.308 e. The number of rotatable bonds is 7. The number of carbonyl (C=O) groups is 1. The molecule has 0 radical (unpaired) electrons. The highest BCUT2D eigenvalue weighted by Gasteiger charge is 2.24. The van der Waals surface area contributed by atoms with Gasteiger partial charge in [0.25, 0.3) is 5.69 Å². The largest absolute Gasteiger partial charge is 0.466 e. The molecule has 0 bridgehead atoms. The fraction of sp³-hybridized carbons (Fsp3) is 0.462. The van der Waals surface area contributed by atoms with E-state index in [2.05, 4.69) is 4.74 Å². The molecule has 0 spiro atoms. The molecule has 0 aliphatic heterocycles. The van der Waals surface area contributed by atoms with Crippen LogP contribution < -0.4 is 0 Å². The summed E-state index contributed by atoms with van der Waals surface area (Å²) >= 11 is 0. The molecule has 2 atom stereocenters. The zero-order valence-electron chi connectivity index (χ0n) is 11.4. The lowest BCUT2D eigenvalue weighted by Crippen LogP contribution is -2.23. The number of nitro groups is 1. The van der Waals surface area contributed by atoms with E-state index in [-0.39, 0.29) is 23.4 Å². The number of ether oxygens (including phenoxy) is 1. The number of aliphatic hydroxyl groups is 3. The number of benzene rings is 1. The Labute approximate surface area is 120 Å². The van der Waals surface area contributed by atoms with Crippen LogP contribution >= 0.6 is 0 Å². The van der Waals surface area contributed by atoms with Gasteiger partial charge in [-0.05, 0) is 24.6 Å². The second kappa shape index (κ2) is 7.67. The molecule has 1 rings (SSSR count). The minimum Gasteiger partial charge on any atom is -0.466 e. The van der Waals surface area contributed by atoms with Gasteiger partial charge in [0.05, 0.1) is 36.2 Å². The molecule has 0 heterocycles. The maximum atomic E-state index is 11.2. The van der Waals surface area contributed by atoms with Crippen molar-refractivity contribution in [1.82, 2.24) is 0 Å². The smallest absolute Gasteiger partial charge is 0.308 e. The van der Waals surface area contributed by atoms with Crippen LogP contribution in [0.2, 0.25) is 0 Å². The number of nitrogens with zero attached hydrogens (tertiary/aromatic N) is 1. The summed E-state index contributed by atoms with van der Waals surface area (Å²) in [5.41, 5.74) is -0.102. The van der Waals surface area contributed by atoms with E-state index in [4.69, 9.17) is 5.11 Å². The summed E-state index contributed by atoms with van der Waals surface area (Å²) in [5, 5.41) is 39.5. The van der Waals surface area contributed by atoms with Crippen LogP contribution in [0, 0.1) is 10.1 Å². The third kappa shape index (κ3) is 4.48. The van der Waals surface area contributed by atoms with Crippen LogP contribution in [0.15, 0.2) is 18.2 Å².